The topological polar surface area (TPSA) is 78.0 Å². The molecule has 0 amide bonds. The Kier molecular flexibility index (Phi) is 4.92. The summed E-state index contributed by atoms with van der Waals surface area (Å²) in [7, 11) is 0. The van der Waals surface area contributed by atoms with Gasteiger partial charge in [0, 0.05) is 6.54 Å². The van der Waals surface area contributed by atoms with Gasteiger partial charge in [0.2, 0.25) is 0 Å². The van der Waals surface area contributed by atoms with Crippen LogP contribution in [0.15, 0.2) is 101 Å². The summed E-state index contributed by atoms with van der Waals surface area (Å²) < 4.78 is 3.25. The molecule has 0 fully saturated rings. The molecule has 6 rings (SSSR count). The highest BCUT2D eigenvalue weighted by Gasteiger charge is 2.19. The SMILES string of the molecule is O=c1c2c3nc4ccccc4nc3n(/N=C\c3ccccc3)c2ncn1CCc1ccccc1. The Morgan fingerprint density at radius 1 is 0.794 bits per heavy atom. The fraction of sp³-hybridized carbons (Fsp3) is 0.0741. The van der Waals surface area contributed by atoms with Crippen LogP contribution in [0.2, 0.25) is 0 Å². The first kappa shape index (κ1) is 20.0. The van der Waals surface area contributed by atoms with E-state index in [4.69, 9.17) is 9.97 Å². The third-order valence-electron chi connectivity index (χ3n) is 5.81. The summed E-state index contributed by atoms with van der Waals surface area (Å²) in [6.45, 7) is 0.521. The van der Waals surface area contributed by atoms with E-state index in [2.05, 4.69) is 22.2 Å². The number of fused-ring (bicyclic) bond motifs is 4. The summed E-state index contributed by atoms with van der Waals surface area (Å²) in [6, 6.07) is 27.5. The Morgan fingerprint density at radius 2 is 1.47 bits per heavy atom. The lowest BCUT2D eigenvalue weighted by Gasteiger charge is -2.05. The molecule has 3 heterocycles. The minimum atomic E-state index is -0.149. The summed E-state index contributed by atoms with van der Waals surface area (Å²) in [5, 5.41) is 5.07. The van der Waals surface area contributed by atoms with Gasteiger partial charge in [0.25, 0.3) is 5.56 Å². The summed E-state index contributed by atoms with van der Waals surface area (Å²) in [4.78, 5) is 27.8. The lowest BCUT2D eigenvalue weighted by atomic mass is 10.1. The van der Waals surface area contributed by atoms with E-state index < -0.39 is 0 Å². The van der Waals surface area contributed by atoms with Crippen LogP contribution in [0.5, 0.6) is 0 Å². The van der Waals surface area contributed by atoms with Gasteiger partial charge in [-0.2, -0.15) is 9.78 Å². The van der Waals surface area contributed by atoms with Gasteiger partial charge in [-0.15, -0.1) is 0 Å². The zero-order valence-corrected chi connectivity index (χ0v) is 18.2. The molecule has 0 aliphatic carbocycles. The second-order valence-electron chi connectivity index (χ2n) is 8.03. The largest absolute Gasteiger partial charge is 0.298 e. The number of aryl methyl sites for hydroxylation is 2. The molecule has 0 aliphatic rings. The highest BCUT2D eigenvalue weighted by Crippen LogP contribution is 2.24. The molecule has 0 saturated heterocycles. The van der Waals surface area contributed by atoms with Crippen molar-refractivity contribution >= 4 is 39.4 Å². The van der Waals surface area contributed by atoms with Crippen LogP contribution in [0.4, 0.5) is 0 Å². The van der Waals surface area contributed by atoms with Gasteiger partial charge in [0.1, 0.15) is 10.9 Å². The maximum atomic E-state index is 13.6. The molecule has 164 valence electrons. The van der Waals surface area contributed by atoms with Crippen molar-refractivity contribution in [2.45, 2.75) is 13.0 Å². The minimum absolute atomic E-state index is 0.149. The third kappa shape index (κ3) is 3.53. The molecular formula is C27H20N6O. The van der Waals surface area contributed by atoms with E-state index in [0.29, 0.717) is 28.7 Å². The highest BCUT2D eigenvalue weighted by atomic mass is 16.1. The maximum Gasteiger partial charge on any atom is 0.265 e. The van der Waals surface area contributed by atoms with Crippen LogP contribution in [-0.2, 0) is 13.0 Å². The Hall–Kier alpha value is -4.65. The first-order valence-corrected chi connectivity index (χ1v) is 11.1. The van der Waals surface area contributed by atoms with E-state index in [9.17, 15) is 4.79 Å². The van der Waals surface area contributed by atoms with Crippen molar-refractivity contribution in [3.8, 4) is 0 Å². The Balaban J connectivity index is 1.55. The fourth-order valence-corrected chi connectivity index (χ4v) is 4.08. The van der Waals surface area contributed by atoms with E-state index in [0.717, 1.165) is 28.6 Å². The second-order valence-corrected chi connectivity index (χ2v) is 8.03. The van der Waals surface area contributed by atoms with E-state index in [1.807, 2.05) is 72.8 Å². The van der Waals surface area contributed by atoms with Crippen molar-refractivity contribution in [2.24, 2.45) is 5.10 Å². The molecule has 0 unspecified atom stereocenters. The van der Waals surface area contributed by atoms with Crippen LogP contribution in [0.1, 0.15) is 11.1 Å². The van der Waals surface area contributed by atoms with E-state index in [1.54, 1.807) is 21.8 Å². The van der Waals surface area contributed by atoms with Crippen molar-refractivity contribution < 1.29 is 0 Å². The van der Waals surface area contributed by atoms with Gasteiger partial charge < -0.3 is 0 Å². The van der Waals surface area contributed by atoms with Crippen molar-refractivity contribution in [3.05, 3.63) is 113 Å². The number of nitrogens with zero attached hydrogens (tertiary/aromatic N) is 6. The average molecular weight is 444 g/mol. The summed E-state index contributed by atoms with van der Waals surface area (Å²) in [6.07, 6.45) is 4.05. The standard InChI is InChI=1S/C27H20N6O/c34-27-23-24-26(31-22-14-8-7-13-21(22)30-24)33(29-17-20-11-5-2-6-12-20)25(23)28-18-32(27)16-15-19-9-3-1-4-10-19/h1-14,17-18H,15-16H2/b29-17-. The number of benzene rings is 3. The van der Waals surface area contributed by atoms with Gasteiger partial charge in [0.15, 0.2) is 11.3 Å². The number of aromatic nitrogens is 5. The number of para-hydroxylation sites is 2. The third-order valence-corrected chi connectivity index (χ3v) is 5.81. The van der Waals surface area contributed by atoms with Crippen LogP contribution >= 0.6 is 0 Å². The fourth-order valence-electron chi connectivity index (χ4n) is 4.08. The van der Waals surface area contributed by atoms with Gasteiger partial charge >= 0.3 is 0 Å². The number of hydrogen-bond donors (Lipinski definition) is 0. The number of rotatable bonds is 5. The molecule has 0 bridgehead atoms. The summed E-state index contributed by atoms with van der Waals surface area (Å²) >= 11 is 0. The van der Waals surface area contributed by atoms with Crippen molar-refractivity contribution in [3.63, 3.8) is 0 Å². The molecule has 7 nitrogen and oxygen atoms in total. The molecule has 0 atom stereocenters. The molecule has 0 aliphatic heterocycles. The minimum Gasteiger partial charge on any atom is -0.298 e. The van der Waals surface area contributed by atoms with Crippen molar-refractivity contribution in [1.82, 2.24) is 24.2 Å². The predicted octanol–water partition coefficient (Wildman–Crippen LogP) is 4.42. The predicted molar refractivity (Wildman–Crippen MR) is 134 cm³/mol. The second kappa shape index (κ2) is 8.37. The quantitative estimate of drug-likeness (QED) is 0.369. The van der Waals surface area contributed by atoms with Gasteiger partial charge in [-0.25, -0.2) is 15.0 Å². The van der Waals surface area contributed by atoms with Gasteiger partial charge in [-0.3, -0.25) is 9.36 Å². The van der Waals surface area contributed by atoms with Gasteiger partial charge in [-0.1, -0.05) is 72.8 Å². The molecule has 3 aromatic carbocycles. The molecule has 0 spiro atoms. The molecule has 3 aromatic heterocycles. The van der Waals surface area contributed by atoms with Crippen LogP contribution < -0.4 is 5.56 Å². The molecule has 7 heteroatoms. The molecule has 0 N–H and O–H groups in total. The maximum absolute atomic E-state index is 13.6. The summed E-state index contributed by atoms with van der Waals surface area (Å²) in [5.41, 5.74) is 4.86. The van der Waals surface area contributed by atoms with Gasteiger partial charge in [-0.05, 0) is 29.7 Å². The van der Waals surface area contributed by atoms with Crippen molar-refractivity contribution in [1.29, 1.82) is 0 Å². The van der Waals surface area contributed by atoms with Gasteiger partial charge in [0.05, 0.1) is 23.6 Å². The van der Waals surface area contributed by atoms with Crippen molar-refractivity contribution in [2.75, 3.05) is 0 Å². The van der Waals surface area contributed by atoms with E-state index in [1.165, 1.54) is 0 Å². The monoisotopic (exact) mass is 444 g/mol. The average Bonchev–Trinajstić information content (AvgIpc) is 3.20. The first-order chi connectivity index (χ1) is 16.8. The molecule has 0 radical (unpaired) electrons. The van der Waals surface area contributed by atoms with Crippen LogP contribution in [0, 0.1) is 0 Å². The molecule has 6 aromatic rings. The van der Waals surface area contributed by atoms with Crippen LogP contribution in [-0.4, -0.2) is 30.4 Å². The van der Waals surface area contributed by atoms with E-state index >= 15 is 0 Å². The molecular weight excluding hydrogens is 424 g/mol. The Morgan fingerprint density at radius 3 is 2.24 bits per heavy atom. The normalized spacial score (nSPS) is 11.8. The molecule has 0 saturated carbocycles. The zero-order chi connectivity index (χ0) is 22.9. The summed E-state index contributed by atoms with van der Waals surface area (Å²) in [5.74, 6) is 0. The number of hydrogen-bond acceptors (Lipinski definition) is 5. The first-order valence-electron chi connectivity index (χ1n) is 11.1. The highest BCUT2D eigenvalue weighted by molar-refractivity contribution is 6.04. The Labute approximate surface area is 194 Å². The smallest absolute Gasteiger partial charge is 0.265 e. The zero-order valence-electron chi connectivity index (χ0n) is 18.2. The lowest BCUT2D eigenvalue weighted by Crippen LogP contribution is -2.21. The Bertz CT molecular complexity index is 1720. The van der Waals surface area contributed by atoms with Crippen LogP contribution in [0.3, 0.4) is 0 Å². The molecule has 34 heavy (non-hydrogen) atoms. The lowest BCUT2D eigenvalue weighted by molar-refractivity contribution is 0.661. The van der Waals surface area contributed by atoms with Crippen LogP contribution in [0.25, 0.3) is 33.2 Å². The van der Waals surface area contributed by atoms with E-state index in [-0.39, 0.29) is 5.56 Å².